The largest absolute Gasteiger partial charge is 0.493 e. The molecule has 168 valence electrons. The van der Waals surface area contributed by atoms with Gasteiger partial charge in [-0.25, -0.2) is 9.37 Å². The number of aromatic nitrogens is 1. The molecule has 0 bridgehead atoms. The number of ether oxygens (including phenoxy) is 2. The lowest BCUT2D eigenvalue weighted by molar-refractivity contribution is 0.199. The van der Waals surface area contributed by atoms with Crippen molar-refractivity contribution in [2.24, 2.45) is 0 Å². The fourth-order valence-electron chi connectivity index (χ4n) is 4.58. The van der Waals surface area contributed by atoms with Gasteiger partial charge >= 0.3 is 0 Å². The highest BCUT2D eigenvalue weighted by Gasteiger charge is 2.26. The summed E-state index contributed by atoms with van der Waals surface area (Å²) < 4.78 is 31.1. The van der Waals surface area contributed by atoms with Gasteiger partial charge in [-0.3, -0.25) is 0 Å². The first kappa shape index (κ1) is 20.7. The first-order chi connectivity index (χ1) is 15.6. The minimum Gasteiger partial charge on any atom is -0.493 e. The average Bonchev–Trinajstić information content (AvgIpc) is 3.44. The summed E-state index contributed by atoms with van der Waals surface area (Å²) in [5.41, 5.74) is 2.29. The number of rotatable bonds is 6. The zero-order chi connectivity index (χ0) is 22.1. The standard InChI is InChI=1S/C25H28FN3O3/c1-16-27-13-18(14-29(16)15-25-28-21-12-19(26)8-10-22(21)32-25)17-7-9-23(30-2)24(11-17)31-20-5-3-4-6-20/h7-12,18,20,27H,1,3-6,13-15H2,2H3. The zero-order valence-corrected chi connectivity index (χ0v) is 18.3. The van der Waals surface area contributed by atoms with Gasteiger partial charge in [-0.15, -0.1) is 0 Å². The van der Waals surface area contributed by atoms with Gasteiger partial charge in [0.1, 0.15) is 11.3 Å². The summed E-state index contributed by atoms with van der Waals surface area (Å²) >= 11 is 0. The Labute approximate surface area is 187 Å². The lowest BCUT2D eigenvalue weighted by Gasteiger charge is -2.36. The van der Waals surface area contributed by atoms with Gasteiger partial charge in [0.05, 0.1) is 25.6 Å². The SMILES string of the molecule is C=C1NCC(c2ccc(OC)c(OC3CCCC3)c2)CN1Cc1nc2cc(F)ccc2o1. The lowest BCUT2D eigenvalue weighted by Crippen LogP contribution is -2.43. The highest BCUT2D eigenvalue weighted by Crippen LogP contribution is 2.35. The van der Waals surface area contributed by atoms with Crippen molar-refractivity contribution in [1.29, 1.82) is 0 Å². The summed E-state index contributed by atoms with van der Waals surface area (Å²) in [6, 6.07) is 10.6. The molecule has 2 heterocycles. The smallest absolute Gasteiger partial charge is 0.215 e. The Kier molecular flexibility index (Phi) is 5.64. The first-order valence-corrected chi connectivity index (χ1v) is 11.2. The molecule has 1 aliphatic carbocycles. The monoisotopic (exact) mass is 437 g/mol. The number of nitrogens with one attached hydrogen (secondary N) is 1. The molecular formula is C25H28FN3O3. The Morgan fingerprint density at radius 3 is 2.84 bits per heavy atom. The quantitative estimate of drug-likeness (QED) is 0.588. The third kappa shape index (κ3) is 4.24. The van der Waals surface area contributed by atoms with Crippen LogP contribution in [0, 0.1) is 5.82 Å². The highest BCUT2D eigenvalue weighted by molar-refractivity contribution is 5.72. The van der Waals surface area contributed by atoms with Crippen LogP contribution in [0.1, 0.15) is 43.1 Å². The summed E-state index contributed by atoms with van der Waals surface area (Å²) in [6.07, 6.45) is 4.90. The van der Waals surface area contributed by atoms with Gasteiger partial charge in [0.15, 0.2) is 17.1 Å². The zero-order valence-electron chi connectivity index (χ0n) is 18.3. The molecule has 2 aliphatic rings. The van der Waals surface area contributed by atoms with Crippen molar-refractivity contribution in [3.63, 3.8) is 0 Å². The van der Waals surface area contributed by atoms with Gasteiger partial charge in [0.25, 0.3) is 0 Å². The second kappa shape index (κ2) is 8.73. The Balaban J connectivity index is 1.33. The summed E-state index contributed by atoms with van der Waals surface area (Å²) in [5.74, 6) is 2.86. The molecule has 1 N–H and O–H groups in total. The van der Waals surface area contributed by atoms with Crippen molar-refractivity contribution in [3.05, 3.63) is 66.1 Å². The number of benzene rings is 2. The number of oxazole rings is 1. The van der Waals surface area contributed by atoms with Crippen LogP contribution < -0.4 is 14.8 Å². The first-order valence-electron chi connectivity index (χ1n) is 11.2. The molecule has 1 unspecified atom stereocenters. The Morgan fingerprint density at radius 1 is 1.19 bits per heavy atom. The molecule has 2 aromatic carbocycles. The molecule has 1 aromatic heterocycles. The number of halogens is 1. The van der Waals surface area contributed by atoms with E-state index >= 15 is 0 Å². The van der Waals surface area contributed by atoms with Crippen molar-refractivity contribution in [2.75, 3.05) is 20.2 Å². The van der Waals surface area contributed by atoms with Crippen LogP contribution in [0.3, 0.4) is 0 Å². The van der Waals surface area contributed by atoms with E-state index in [-0.39, 0.29) is 17.8 Å². The van der Waals surface area contributed by atoms with Gasteiger partial charge < -0.3 is 24.1 Å². The Bertz CT molecular complexity index is 1120. The molecule has 3 aromatic rings. The topological polar surface area (TPSA) is 59.8 Å². The van der Waals surface area contributed by atoms with Crippen molar-refractivity contribution in [1.82, 2.24) is 15.2 Å². The molecule has 1 saturated carbocycles. The predicted molar refractivity (Wildman–Crippen MR) is 120 cm³/mol. The van der Waals surface area contributed by atoms with Crippen LogP contribution in [0.2, 0.25) is 0 Å². The summed E-state index contributed by atoms with van der Waals surface area (Å²) in [5, 5.41) is 3.39. The fourth-order valence-corrected chi connectivity index (χ4v) is 4.58. The number of fused-ring (bicyclic) bond motifs is 1. The minimum atomic E-state index is -0.323. The maximum Gasteiger partial charge on any atom is 0.215 e. The predicted octanol–water partition coefficient (Wildman–Crippen LogP) is 4.96. The van der Waals surface area contributed by atoms with Gasteiger partial charge in [-0.2, -0.15) is 0 Å². The van der Waals surface area contributed by atoms with E-state index in [1.807, 2.05) is 6.07 Å². The van der Waals surface area contributed by atoms with Gasteiger partial charge in [-0.1, -0.05) is 12.6 Å². The molecule has 0 amide bonds. The van der Waals surface area contributed by atoms with Crippen LogP contribution in [0.15, 0.2) is 53.2 Å². The maximum atomic E-state index is 13.5. The minimum absolute atomic E-state index is 0.235. The summed E-state index contributed by atoms with van der Waals surface area (Å²) in [6.45, 7) is 6.14. The second-order valence-corrected chi connectivity index (χ2v) is 8.56. The summed E-state index contributed by atoms with van der Waals surface area (Å²) in [4.78, 5) is 6.55. The van der Waals surface area contributed by atoms with Crippen LogP contribution in [0.25, 0.3) is 11.1 Å². The number of methoxy groups -OCH3 is 1. The number of nitrogens with zero attached hydrogens (tertiary/aromatic N) is 2. The molecule has 1 aliphatic heterocycles. The third-order valence-electron chi connectivity index (χ3n) is 6.35. The van der Waals surface area contributed by atoms with Crippen LogP contribution in [-0.2, 0) is 6.54 Å². The van der Waals surface area contributed by atoms with Crippen molar-refractivity contribution in [2.45, 2.75) is 44.2 Å². The van der Waals surface area contributed by atoms with E-state index in [0.717, 1.165) is 43.3 Å². The molecule has 0 spiro atoms. The molecule has 1 atom stereocenters. The molecule has 32 heavy (non-hydrogen) atoms. The van der Waals surface area contributed by atoms with Crippen LogP contribution in [-0.4, -0.2) is 36.2 Å². The van der Waals surface area contributed by atoms with E-state index in [9.17, 15) is 4.39 Å². The average molecular weight is 438 g/mol. The molecule has 2 fully saturated rings. The van der Waals surface area contributed by atoms with Crippen LogP contribution >= 0.6 is 0 Å². The summed E-state index contributed by atoms with van der Waals surface area (Å²) in [7, 11) is 1.68. The molecule has 6 nitrogen and oxygen atoms in total. The number of hydrogen-bond acceptors (Lipinski definition) is 6. The highest BCUT2D eigenvalue weighted by atomic mass is 19.1. The van der Waals surface area contributed by atoms with Gasteiger partial charge in [0, 0.05) is 25.1 Å². The Morgan fingerprint density at radius 2 is 2.03 bits per heavy atom. The molecule has 7 heteroatoms. The molecule has 1 saturated heterocycles. The van der Waals surface area contributed by atoms with Crippen molar-refractivity contribution >= 4 is 11.1 Å². The van der Waals surface area contributed by atoms with E-state index in [1.165, 1.54) is 30.5 Å². The van der Waals surface area contributed by atoms with Crippen molar-refractivity contribution in [3.8, 4) is 11.5 Å². The Hall–Kier alpha value is -3.22. The third-order valence-corrected chi connectivity index (χ3v) is 6.35. The van der Waals surface area contributed by atoms with Crippen LogP contribution in [0.5, 0.6) is 11.5 Å². The normalized spacial score (nSPS) is 19.4. The van der Waals surface area contributed by atoms with Gasteiger partial charge in [0.2, 0.25) is 5.89 Å². The van der Waals surface area contributed by atoms with E-state index in [2.05, 4.69) is 33.9 Å². The second-order valence-electron chi connectivity index (χ2n) is 8.56. The van der Waals surface area contributed by atoms with Crippen LogP contribution in [0.4, 0.5) is 4.39 Å². The van der Waals surface area contributed by atoms with E-state index in [0.29, 0.717) is 23.5 Å². The maximum absolute atomic E-state index is 13.5. The number of hydrogen-bond donors (Lipinski definition) is 1. The van der Waals surface area contributed by atoms with Crippen molar-refractivity contribution < 1.29 is 18.3 Å². The van der Waals surface area contributed by atoms with Gasteiger partial charge in [-0.05, 0) is 55.5 Å². The van der Waals surface area contributed by atoms with E-state index < -0.39 is 0 Å². The van der Waals surface area contributed by atoms with E-state index in [4.69, 9.17) is 13.9 Å². The molecule has 0 radical (unpaired) electrons. The molecular weight excluding hydrogens is 409 g/mol. The van der Waals surface area contributed by atoms with E-state index in [1.54, 1.807) is 13.2 Å². The fraction of sp³-hybridized carbons (Fsp3) is 0.400. The lowest BCUT2D eigenvalue weighted by atomic mass is 9.96. The molecule has 5 rings (SSSR count).